The molecule has 0 bridgehead atoms. The molecule has 0 atom stereocenters. The van der Waals surface area contributed by atoms with E-state index in [-0.39, 0.29) is 0 Å². The van der Waals surface area contributed by atoms with Crippen LogP contribution in [-0.4, -0.2) is 31.7 Å². The molecule has 0 spiro atoms. The highest BCUT2D eigenvalue weighted by atomic mass is 16.5. The lowest BCUT2D eigenvalue weighted by Gasteiger charge is -2.29. The molecular weight excluding hydrogens is 240 g/mol. The first-order valence-electron chi connectivity index (χ1n) is 6.20. The number of hydrogen-bond donors (Lipinski definition) is 0. The van der Waals surface area contributed by atoms with Crippen LogP contribution in [-0.2, 0) is 6.54 Å². The van der Waals surface area contributed by atoms with Crippen molar-refractivity contribution in [3.63, 3.8) is 0 Å². The minimum absolute atomic E-state index is 0.515. The topological polar surface area (TPSA) is 45.5 Å². The van der Waals surface area contributed by atoms with Crippen LogP contribution in [0.4, 0.5) is 0 Å². The van der Waals surface area contributed by atoms with Gasteiger partial charge in [0.15, 0.2) is 0 Å². The smallest absolute Gasteiger partial charge is 0.129 e. The molecule has 4 heteroatoms. The highest BCUT2D eigenvalue weighted by Gasteiger charge is 2.24. The Labute approximate surface area is 115 Å². The van der Waals surface area contributed by atoms with Gasteiger partial charge in [-0.05, 0) is 33.9 Å². The van der Waals surface area contributed by atoms with Crippen LogP contribution in [0.25, 0.3) is 0 Å². The van der Waals surface area contributed by atoms with E-state index < -0.39 is 5.54 Å². The van der Waals surface area contributed by atoms with Crippen molar-refractivity contribution < 1.29 is 9.47 Å². The van der Waals surface area contributed by atoms with Gasteiger partial charge in [0.2, 0.25) is 0 Å². The van der Waals surface area contributed by atoms with E-state index in [1.165, 1.54) is 0 Å². The lowest BCUT2D eigenvalue weighted by Crippen LogP contribution is -2.39. The van der Waals surface area contributed by atoms with E-state index >= 15 is 0 Å². The fourth-order valence-corrected chi connectivity index (χ4v) is 1.90. The van der Waals surface area contributed by atoms with Gasteiger partial charge in [0, 0.05) is 17.7 Å². The molecule has 104 valence electrons. The highest BCUT2D eigenvalue weighted by Crippen LogP contribution is 2.32. The van der Waals surface area contributed by atoms with E-state index in [1.807, 2.05) is 44.9 Å². The van der Waals surface area contributed by atoms with E-state index in [4.69, 9.17) is 14.7 Å². The van der Waals surface area contributed by atoms with Crippen molar-refractivity contribution >= 4 is 0 Å². The van der Waals surface area contributed by atoms with E-state index in [9.17, 15) is 0 Å². The van der Waals surface area contributed by atoms with E-state index in [0.717, 1.165) is 22.6 Å². The molecule has 0 saturated heterocycles. The largest absolute Gasteiger partial charge is 0.496 e. The summed E-state index contributed by atoms with van der Waals surface area (Å²) in [6.45, 7) is 6.41. The van der Waals surface area contributed by atoms with Crippen molar-refractivity contribution in [1.29, 1.82) is 5.26 Å². The number of ether oxygens (including phenoxy) is 2. The predicted molar refractivity (Wildman–Crippen MR) is 75.4 cm³/mol. The third-order valence-electron chi connectivity index (χ3n) is 3.50. The Hall–Kier alpha value is -1.73. The molecule has 0 N–H and O–H groups in total. The van der Waals surface area contributed by atoms with Gasteiger partial charge < -0.3 is 9.47 Å². The first-order chi connectivity index (χ1) is 8.87. The monoisotopic (exact) mass is 262 g/mol. The van der Waals surface area contributed by atoms with Gasteiger partial charge in [0.25, 0.3) is 0 Å². The average molecular weight is 262 g/mol. The van der Waals surface area contributed by atoms with Crippen LogP contribution in [0.15, 0.2) is 12.1 Å². The van der Waals surface area contributed by atoms with Gasteiger partial charge >= 0.3 is 0 Å². The van der Waals surface area contributed by atoms with Crippen LogP contribution in [0.3, 0.4) is 0 Å². The number of nitrogens with zero attached hydrogens (tertiary/aromatic N) is 2. The lowest BCUT2D eigenvalue weighted by molar-refractivity contribution is 0.200. The van der Waals surface area contributed by atoms with Gasteiger partial charge in [0.1, 0.15) is 17.0 Å². The summed E-state index contributed by atoms with van der Waals surface area (Å²) >= 11 is 0. The summed E-state index contributed by atoms with van der Waals surface area (Å²) in [4.78, 5) is 2.00. The lowest BCUT2D eigenvalue weighted by atomic mass is 10.0. The SMILES string of the molecule is COc1ccc(CN(C)C(C)(C)C#N)c(OC)c1C. The third-order valence-corrected chi connectivity index (χ3v) is 3.50. The van der Waals surface area contributed by atoms with E-state index in [2.05, 4.69) is 6.07 Å². The fourth-order valence-electron chi connectivity index (χ4n) is 1.90. The van der Waals surface area contributed by atoms with Crippen LogP contribution >= 0.6 is 0 Å². The van der Waals surface area contributed by atoms with Crippen molar-refractivity contribution in [3.05, 3.63) is 23.3 Å². The van der Waals surface area contributed by atoms with Gasteiger partial charge in [0.05, 0.1) is 20.3 Å². The number of hydrogen-bond acceptors (Lipinski definition) is 4. The number of benzene rings is 1. The average Bonchev–Trinajstić information content (AvgIpc) is 2.39. The summed E-state index contributed by atoms with van der Waals surface area (Å²) in [5.74, 6) is 1.63. The molecule has 0 aromatic heterocycles. The van der Waals surface area contributed by atoms with Crippen molar-refractivity contribution in [2.45, 2.75) is 32.9 Å². The summed E-state index contributed by atoms with van der Waals surface area (Å²) < 4.78 is 10.8. The Morgan fingerprint density at radius 3 is 2.37 bits per heavy atom. The molecule has 0 amide bonds. The molecule has 0 aliphatic carbocycles. The Kier molecular flexibility index (Phi) is 4.79. The highest BCUT2D eigenvalue weighted by molar-refractivity contribution is 5.49. The van der Waals surface area contributed by atoms with Crippen molar-refractivity contribution in [1.82, 2.24) is 4.90 Å². The number of methoxy groups -OCH3 is 2. The van der Waals surface area contributed by atoms with Crippen LogP contribution < -0.4 is 9.47 Å². The van der Waals surface area contributed by atoms with Gasteiger partial charge in [-0.3, -0.25) is 4.90 Å². The Balaban J connectivity index is 3.10. The zero-order valence-electron chi connectivity index (χ0n) is 12.6. The molecule has 0 radical (unpaired) electrons. The predicted octanol–water partition coefficient (Wildman–Crippen LogP) is 2.75. The van der Waals surface area contributed by atoms with Crippen molar-refractivity contribution in [2.75, 3.05) is 21.3 Å². The zero-order valence-corrected chi connectivity index (χ0v) is 12.6. The van der Waals surface area contributed by atoms with Gasteiger partial charge in [-0.1, -0.05) is 6.07 Å². The molecule has 0 unspecified atom stereocenters. The van der Waals surface area contributed by atoms with Crippen LogP contribution in [0.1, 0.15) is 25.0 Å². The summed E-state index contributed by atoms with van der Waals surface area (Å²) in [7, 11) is 5.23. The van der Waals surface area contributed by atoms with Crippen molar-refractivity contribution in [3.8, 4) is 17.6 Å². The number of rotatable bonds is 5. The zero-order chi connectivity index (χ0) is 14.6. The molecule has 0 fully saturated rings. The Morgan fingerprint density at radius 2 is 1.89 bits per heavy atom. The minimum Gasteiger partial charge on any atom is -0.496 e. The summed E-state index contributed by atoms with van der Waals surface area (Å²) in [5.41, 5.74) is 1.51. The van der Waals surface area contributed by atoms with E-state index in [0.29, 0.717) is 6.54 Å². The first-order valence-corrected chi connectivity index (χ1v) is 6.20. The molecule has 0 aliphatic rings. The molecule has 1 aromatic rings. The maximum absolute atomic E-state index is 9.16. The van der Waals surface area contributed by atoms with E-state index in [1.54, 1.807) is 14.2 Å². The maximum Gasteiger partial charge on any atom is 0.129 e. The quantitative estimate of drug-likeness (QED) is 0.818. The molecule has 0 heterocycles. The molecule has 1 aromatic carbocycles. The number of nitriles is 1. The van der Waals surface area contributed by atoms with Gasteiger partial charge in [-0.2, -0.15) is 5.26 Å². The minimum atomic E-state index is -0.515. The molecule has 1 rings (SSSR count). The molecular formula is C15H22N2O2. The summed E-state index contributed by atoms with van der Waals surface area (Å²) in [6.07, 6.45) is 0. The Bertz CT molecular complexity index is 490. The second kappa shape index (κ2) is 5.94. The second-order valence-electron chi connectivity index (χ2n) is 5.11. The molecule has 0 saturated carbocycles. The van der Waals surface area contributed by atoms with Gasteiger partial charge in [-0.15, -0.1) is 0 Å². The summed E-state index contributed by atoms with van der Waals surface area (Å²) in [6, 6.07) is 6.21. The van der Waals surface area contributed by atoms with Gasteiger partial charge in [-0.25, -0.2) is 0 Å². The van der Waals surface area contributed by atoms with Crippen LogP contribution in [0.5, 0.6) is 11.5 Å². The third kappa shape index (κ3) is 3.18. The molecule has 0 aliphatic heterocycles. The maximum atomic E-state index is 9.16. The van der Waals surface area contributed by atoms with Crippen LogP contribution in [0.2, 0.25) is 0 Å². The van der Waals surface area contributed by atoms with Crippen LogP contribution in [0, 0.1) is 18.3 Å². The summed E-state index contributed by atoms with van der Waals surface area (Å²) in [5, 5.41) is 9.16. The molecule has 4 nitrogen and oxygen atoms in total. The fraction of sp³-hybridized carbons (Fsp3) is 0.533. The second-order valence-corrected chi connectivity index (χ2v) is 5.11. The normalized spacial score (nSPS) is 11.3. The molecule has 19 heavy (non-hydrogen) atoms. The first kappa shape index (κ1) is 15.3. The standard InChI is InChI=1S/C15H22N2O2/c1-11-13(18-5)8-7-12(14(11)19-6)9-17(4)15(2,3)10-16/h7-8H,9H2,1-6H3. The Morgan fingerprint density at radius 1 is 1.26 bits per heavy atom. The van der Waals surface area contributed by atoms with Crippen molar-refractivity contribution in [2.24, 2.45) is 0 Å².